The van der Waals surface area contributed by atoms with E-state index in [9.17, 15) is 8.78 Å². The van der Waals surface area contributed by atoms with E-state index in [4.69, 9.17) is 15.2 Å². The summed E-state index contributed by atoms with van der Waals surface area (Å²) in [6.45, 7) is -0.506. The van der Waals surface area contributed by atoms with Crippen LogP contribution in [0.25, 0.3) is 0 Å². The van der Waals surface area contributed by atoms with Crippen LogP contribution in [-0.2, 0) is 6.42 Å². The summed E-state index contributed by atoms with van der Waals surface area (Å²) in [6.07, 6.45) is -0.375. The van der Waals surface area contributed by atoms with E-state index in [-0.39, 0.29) is 13.2 Å². The summed E-state index contributed by atoms with van der Waals surface area (Å²) >= 11 is 0. The Morgan fingerprint density at radius 3 is 2.73 bits per heavy atom. The van der Waals surface area contributed by atoms with E-state index in [1.165, 1.54) is 0 Å². The molecule has 0 amide bonds. The summed E-state index contributed by atoms with van der Waals surface area (Å²) in [6, 6.07) is 4.78. The number of ether oxygens (including phenoxy) is 2. The molecule has 1 heterocycles. The Labute approximate surface area is 85.8 Å². The topological polar surface area (TPSA) is 44.5 Å². The van der Waals surface area contributed by atoms with Gasteiger partial charge >= 0.3 is 0 Å². The molecule has 0 spiro atoms. The van der Waals surface area contributed by atoms with Gasteiger partial charge in [0.15, 0.2) is 11.5 Å². The summed E-state index contributed by atoms with van der Waals surface area (Å²) in [5.41, 5.74) is 5.46. The van der Waals surface area contributed by atoms with E-state index >= 15 is 0 Å². The quantitative estimate of drug-likeness (QED) is 0.832. The molecule has 0 atom stereocenters. The van der Waals surface area contributed by atoms with E-state index in [2.05, 4.69) is 0 Å². The molecule has 0 aliphatic carbocycles. The summed E-state index contributed by atoms with van der Waals surface area (Å²) < 4.78 is 36.2. The molecule has 3 nitrogen and oxygen atoms in total. The summed E-state index contributed by atoms with van der Waals surface area (Å²) in [5, 5.41) is 0. The van der Waals surface area contributed by atoms with Gasteiger partial charge in [-0.25, -0.2) is 8.78 Å². The molecular weight excluding hydrogens is 204 g/mol. The highest BCUT2D eigenvalue weighted by atomic mass is 19.3. The Hall–Kier alpha value is -1.36. The Bertz CT molecular complexity index is 368. The second-order valence-corrected chi connectivity index (χ2v) is 3.42. The van der Waals surface area contributed by atoms with E-state index in [1.54, 1.807) is 18.2 Å². The third kappa shape index (κ3) is 2.18. The molecule has 0 aromatic heterocycles. The third-order valence-electron chi connectivity index (χ3n) is 2.20. The van der Waals surface area contributed by atoms with Crippen molar-refractivity contribution in [3.63, 3.8) is 0 Å². The minimum absolute atomic E-state index is 0.145. The predicted octanol–water partition coefficient (Wildman–Crippen LogP) is 1.55. The number of hydrogen-bond acceptors (Lipinski definition) is 3. The van der Waals surface area contributed by atoms with Gasteiger partial charge in [-0.15, -0.1) is 0 Å². The highest BCUT2D eigenvalue weighted by molar-refractivity contribution is 5.44. The molecule has 0 saturated heterocycles. The van der Waals surface area contributed by atoms with Crippen molar-refractivity contribution in [3.05, 3.63) is 23.8 Å². The molecule has 15 heavy (non-hydrogen) atoms. The van der Waals surface area contributed by atoms with Gasteiger partial charge in [0.25, 0.3) is 5.92 Å². The maximum atomic E-state index is 13.0. The number of hydrogen-bond donors (Lipinski definition) is 1. The molecule has 82 valence electrons. The first kappa shape index (κ1) is 10.2. The van der Waals surface area contributed by atoms with Crippen LogP contribution >= 0.6 is 0 Å². The highest BCUT2D eigenvalue weighted by Gasteiger charge is 2.27. The molecule has 0 fully saturated rings. The molecular formula is C10H11F2NO2. The van der Waals surface area contributed by atoms with Gasteiger partial charge in [0, 0.05) is 6.42 Å². The zero-order valence-electron chi connectivity index (χ0n) is 8.00. The van der Waals surface area contributed by atoms with Crippen LogP contribution in [0.15, 0.2) is 18.2 Å². The number of alkyl halides is 2. The maximum Gasteiger partial charge on any atom is 0.264 e. The Morgan fingerprint density at radius 1 is 1.27 bits per heavy atom. The van der Waals surface area contributed by atoms with Gasteiger partial charge in [0.05, 0.1) is 6.54 Å². The Morgan fingerprint density at radius 2 is 2.00 bits per heavy atom. The fourth-order valence-corrected chi connectivity index (χ4v) is 1.42. The number of halogens is 2. The zero-order valence-corrected chi connectivity index (χ0v) is 8.00. The second kappa shape index (κ2) is 3.66. The largest absolute Gasteiger partial charge is 0.454 e. The Kier molecular flexibility index (Phi) is 2.48. The van der Waals surface area contributed by atoms with E-state index in [0.29, 0.717) is 17.1 Å². The van der Waals surface area contributed by atoms with Crippen molar-refractivity contribution in [1.29, 1.82) is 0 Å². The predicted molar refractivity (Wildman–Crippen MR) is 50.3 cm³/mol. The van der Waals surface area contributed by atoms with Gasteiger partial charge in [-0.1, -0.05) is 6.07 Å². The normalized spacial score (nSPS) is 14.3. The molecule has 0 bridgehead atoms. The first-order valence-corrected chi connectivity index (χ1v) is 4.57. The van der Waals surface area contributed by atoms with Gasteiger partial charge in [0.1, 0.15) is 0 Å². The van der Waals surface area contributed by atoms with Crippen LogP contribution in [0.2, 0.25) is 0 Å². The fraction of sp³-hybridized carbons (Fsp3) is 0.400. The molecule has 2 N–H and O–H groups in total. The number of benzene rings is 1. The minimum atomic E-state index is -2.87. The van der Waals surface area contributed by atoms with Crippen LogP contribution in [0, 0.1) is 0 Å². The highest BCUT2D eigenvalue weighted by Crippen LogP contribution is 2.33. The molecule has 1 aromatic rings. The van der Waals surface area contributed by atoms with Crippen molar-refractivity contribution < 1.29 is 18.3 Å². The average Bonchev–Trinajstić information content (AvgIpc) is 2.64. The lowest BCUT2D eigenvalue weighted by Gasteiger charge is -2.13. The number of nitrogens with two attached hydrogens (primary N) is 1. The van der Waals surface area contributed by atoms with Gasteiger partial charge < -0.3 is 15.2 Å². The van der Waals surface area contributed by atoms with Crippen LogP contribution < -0.4 is 15.2 Å². The molecule has 0 radical (unpaired) electrons. The van der Waals surface area contributed by atoms with Crippen molar-refractivity contribution in [2.45, 2.75) is 12.3 Å². The molecule has 5 heteroatoms. The van der Waals surface area contributed by atoms with Crippen molar-refractivity contribution in [2.75, 3.05) is 13.3 Å². The SMILES string of the molecule is NCC(F)(F)Cc1ccc2c(c1)OCO2. The second-order valence-electron chi connectivity index (χ2n) is 3.42. The first-order valence-electron chi connectivity index (χ1n) is 4.57. The number of rotatable bonds is 3. The fourth-order valence-electron chi connectivity index (χ4n) is 1.42. The smallest absolute Gasteiger partial charge is 0.264 e. The van der Waals surface area contributed by atoms with Gasteiger partial charge in [-0.3, -0.25) is 0 Å². The molecule has 2 rings (SSSR count). The third-order valence-corrected chi connectivity index (χ3v) is 2.20. The molecule has 0 saturated carbocycles. The van der Waals surface area contributed by atoms with Gasteiger partial charge in [0.2, 0.25) is 6.79 Å². The van der Waals surface area contributed by atoms with Crippen molar-refractivity contribution in [2.24, 2.45) is 5.73 Å². The standard InChI is InChI=1S/C10H11F2NO2/c11-10(12,5-13)4-7-1-2-8-9(3-7)15-6-14-8/h1-3H,4-6,13H2. The summed E-state index contributed by atoms with van der Waals surface area (Å²) in [4.78, 5) is 0. The van der Waals surface area contributed by atoms with Crippen LogP contribution in [0.5, 0.6) is 11.5 Å². The minimum Gasteiger partial charge on any atom is -0.454 e. The summed E-state index contributed by atoms with van der Waals surface area (Å²) in [7, 11) is 0. The first-order chi connectivity index (χ1) is 7.11. The van der Waals surface area contributed by atoms with Gasteiger partial charge in [-0.05, 0) is 17.7 Å². The van der Waals surface area contributed by atoms with Crippen molar-refractivity contribution in [3.8, 4) is 11.5 Å². The lowest BCUT2D eigenvalue weighted by molar-refractivity contribution is 0.0115. The lowest BCUT2D eigenvalue weighted by Crippen LogP contribution is -2.30. The van der Waals surface area contributed by atoms with Crippen molar-refractivity contribution >= 4 is 0 Å². The van der Waals surface area contributed by atoms with Crippen LogP contribution in [-0.4, -0.2) is 19.3 Å². The summed E-state index contributed by atoms with van der Waals surface area (Å²) in [5.74, 6) is -1.76. The maximum absolute atomic E-state index is 13.0. The molecule has 1 aliphatic rings. The Balaban J connectivity index is 2.17. The lowest BCUT2D eigenvalue weighted by atomic mass is 10.1. The van der Waals surface area contributed by atoms with Crippen LogP contribution in [0.4, 0.5) is 8.78 Å². The van der Waals surface area contributed by atoms with Crippen LogP contribution in [0.3, 0.4) is 0 Å². The van der Waals surface area contributed by atoms with E-state index in [1.807, 2.05) is 0 Å². The van der Waals surface area contributed by atoms with E-state index < -0.39 is 12.5 Å². The van der Waals surface area contributed by atoms with E-state index in [0.717, 1.165) is 0 Å². The zero-order chi connectivity index (χ0) is 10.9. The van der Waals surface area contributed by atoms with Crippen LogP contribution in [0.1, 0.15) is 5.56 Å². The average molecular weight is 215 g/mol. The monoisotopic (exact) mass is 215 g/mol. The molecule has 1 aromatic carbocycles. The molecule has 0 unspecified atom stereocenters. The van der Waals surface area contributed by atoms with Crippen molar-refractivity contribution in [1.82, 2.24) is 0 Å². The number of fused-ring (bicyclic) bond motifs is 1. The van der Waals surface area contributed by atoms with Gasteiger partial charge in [-0.2, -0.15) is 0 Å². The molecule has 1 aliphatic heterocycles.